The van der Waals surface area contributed by atoms with E-state index in [1.807, 2.05) is 0 Å². The van der Waals surface area contributed by atoms with Crippen molar-refractivity contribution in [2.24, 2.45) is 0 Å². The molecule has 2 N–H and O–H groups in total. The Kier molecular flexibility index (Phi) is 29.0. The predicted octanol–water partition coefficient (Wildman–Crippen LogP) is 8.95. The lowest BCUT2D eigenvalue weighted by Gasteiger charge is -2.27. The van der Waals surface area contributed by atoms with Gasteiger partial charge in [-0.2, -0.15) is 12.6 Å². The Labute approximate surface area is 226 Å². The van der Waals surface area contributed by atoms with E-state index < -0.39 is 0 Å². The predicted molar refractivity (Wildman–Crippen MR) is 160 cm³/mol. The maximum Gasteiger partial charge on any atom is 0.0667 e. The van der Waals surface area contributed by atoms with Gasteiger partial charge in [0.1, 0.15) is 0 Å². The number of aliphatic hydroxyl groups excluding tert-OH is 2. The van der Waals surface area contributed by atoms with E-state index in [9.17, 15) is 10.2 Å². The van der Waals surface area contributed by atoms with Crippen LogP contribution in [-0.2, 0) is 0 Å². The van der Waals surface area contributed by atoms with Crippen molar-refractivity contribution in [3.8, 4) is 0 Å². The first kappa shape index (κ1) is 35.2. The Morgan fingerprint density at radius 2 is 0.800 bits per heavy atom. The van der Waals surface area contributed by atoms with Crippen LogP contribution in [0.5, 0.6) is 0 Å². The normalized spacial score (nSPS) is 13.5. The third-order valence-electron chi connectivity index (χ3n) is 7.35. The first-order chi connectivity index (χ1) is 17.1. The van der Waals surface area contributed by atoms with E-state index in [0.29, 0.717) is 13.1 Å². The van der Waals surface area contributed by atoms with Gasteiger partial charge < -0.3 is 10.2 Å². The van der Waals surface area contributed by atoms with Gasteiger partial charge in [0.05, 0.1) is 12.2 Å². The highest BCUT2D eigenvalue weighted by atomic mass is 32.1. The molecule has 2 unspecified atom stereocenters. The van der Waals surface area contributed by atoms with Gasteiger partial charge in [0, 0.05) is 13.1 Å². The molecule has 0 amide bonds. The van der Waals surface area contributed by atoms with Crippen LogP contribution in [0.1, 0.15) is 162 Å². The lowest BCUT2D eigenvalue weighted by molar-refractivity contribution is 0.0607. The molecule has 0 aromatic carbocycles. The van der Waals surface area contributed by atoms with E-state index in [1.54, 1.807) is 0 Å². The van der Waals surface area contributed by atoms with Crippen LogP contribution in [0.4, 0.5) is 0 Å². The van der Waals surface area contributed by atoms with Crippen LogP contribution in [0.25, 0.3) is 0 Å². The van der Waals surface area contributed by atoms with Gasteiger partial charge in [-0.25, -0.2) is 0 Å². The quantitative estimate of drug-likeness (QED) is 0.0688. The molecule has 212 valence electrons. The smallest absolute Gasteiger partial charge is 0.0667 e. The van der Waals surface area contributed by atoms with Crippen molar-refractivity contribution < 1.29 is 10.2 Å². The van der Waals surface area contributed by atoms with Crippen LogP contribution in [0.3, 0.4) is 0 Å². The molecule has 35 heavy (non-hydrogen) atoms. The van der Waals surface area contributed by atoms with Crippen molar-refractivity contribution in [1.29, 1.82) is 0 Å². The number of rotatable bonds is 29. The summed E-state index contributed by atoms with van der Waals surface area (Å²) in [6.07, 6.45) is 28.9. The Bertz CT molecular complexity index is 364. The standard InChI is InChI=1S/C31H65NO2S/c1-3-5-7-9-11-13-15-17-19-21-24-30(33)28-32(26-23-27-35)29-31(34)25-22-20-18-16-14-12-10-8-6-4-2/h30-31,33-35H,3-29H2,1-2H3. The van der Waals surface area contributed by atoms with Gasteiger partial charge in [-0.3, -0.25) is 4.90 Å². The molecule has 0 aliphatic rings. The highest BCUT2D eigenvalue weighted by Gasteiger charge is 2.15. The fraction of sp³-hybridized carbons (Fsp3) is 1.00. The number of thiol groups is 1. The highest BCUT2D eigenvalue weighted by Crippen LogP contribution is 2.14. The third-order valence-corrected chi connectivity index (χ3v) is 7.67. The Balaban J connectivity index is 3.82. The van der Waals surface area contributed by atoms with Crippen molar-refractivity contribution in [2.75, 3.05) is 25.4 Å². The monoisotopic (exact) mass is 515 g/mol. The summed E-state index contributed by atoms with van der Waals surface area (Å²) in [4.78, 5) is 2.28. The minimum Gasteiger partial charge on any atom is -0.392 e. The van der Waals surface area contributed by atoms with Crippen LogP contribution >= 0.6 is 12.6 Å². The molecule has 0 saturated carbocycles. The minimum absolute atomic E-state index is 0.270. The van der Waals surface area contributed by atoms with Crippen LogP contribution in [-0.4, -0.2) is 52.7 Å². The van der Waals surface area contributed by atoms with Crippen molar-refractivity contribution in [2.45, 2.75) is 174 Å². The summed E-state index contributed by atoms with van der Waals surface area (Å²) in [6, 6.07) is 0. The number of hydrogen-bond donors (Lipinski definition) is 3. The first-order valence-corrected chi connectivity index (χ1v) is 16.5. The molecule has 0 rings (SSSR count). The summed E-state index contributed by atoms with van der Waals surface area (Å²) in [7, 11) is 0. The number of hydrogen-bond acceptors (Lipinski definition) is 4. The Morgan fingerprint density at radius 1 is 0.486 bits per heavy atom. The van der Waals surface area contributed by atoms with Crippen molar-refractivity contribution in [3.05, 3.63) is 0 Å². The van der Waals surface area contributed by atoms with E-state index in [2.05, 4.69) is 31.4 Å². The summed E-state index contributed by atoms with van der Waals surface area (Å²) in [6.45, 7) is 6.86. The van der Waals surface area contributed by atoms with E-state index in [4.69, 9.17) is 0 Å². The minimum atomic E-state index is -0.270. The Hall–Kier alpha value is 0.230. The maximum absolute atomic E-state index is 10.6. The molecule has 3 nitrogen and oxygen atoms in total. The van der Waals surface area contributed by atoms with Crippen LogP contribution in [0, 0.1) is 0 Å². The molecule has 0 saturated heterocycles. The molecule has 0 fully saturated rings. The van der Waals surface area contributed by atoms with Gasteiger partial charge in [-0.15, -0.1) is 0 Å². The highest BCUT2D eigenvalue weighted by molar-refractivity contribution is 7.80. The molecule has 0 aliphatic carbocycles. The zero-order valence-corrected chi connectivity index (χ0v) is 24.9. The topological polar surface area (TPSA) is 43.7 Å². The molecule has 0 heterocycles. The molecule has 0 spiro atoms. The number of unbranched alkanes of at least 4 members (excludes halogenated alkanes) is 18. The van der Waals surface area contributed by atoms with Gasteiger partial charge in [0.2, 0.25) is 0 Å². The first-order valence-electron chi connectivity index (χ1n) is 15.8. The zero-order valence-electron chi connectivity index (χ0n) is 24.0. The fourth-order valence-electron chi connectivity index (χ4n) is 5.06. The van der Waals surface area contributed by atoms with Crippen LogP contribution in [0.2, 0.25) is 0 Å². The summed E-state index contributed by atoms with van der Waals surface area (Å²) in [5.41, 5.74) is 0. The Morgan fingerprint density at radius 3 is 1.11 bits per heavy atom. The third kappa shape index (κ3) is 27.1. The van der Waals surface area contributed by atoms with E-state index in [1.165, 1.54) is 116 Å². The van der Waals surface area contributed by atoms with E-state index in [-0.39, 0.29) is 12.2 Å². The largest absolute Gasteiger partial charge is 0.392 e. The second-order valence-corrected chi connectivity index (χ2v) is 11.5. The number of nitrogens with zero attached hydrogens (tertiary/aromatic N) is 1. The molecule has 4 heteroatoms. The van der Waals surface area contributed by atoms with E-state index >= 15 is 0 Å². The molecule has 0 aromatic heterocycles. The molecule has 0 bridgehead atoms. The van der Waals surface area contributed by atoms with Crippen LogP contribution < -0.4 is 0 Å². The SMILES string of the molecule is CCCCCCCCCCCCC(O)CN(CCCS)CC(O)CCCCCCCCCCCC. The summed E-state index contributed by atoms with van der Waals surface area (Å²) < 4.78 is 0. The number of aliphatic hydroxyl groups is 2. The summed E-state index contributed by atoms with van der Waals surface area (Å²) >= 11 is 4.37. The fourth-order valence-corrected chi connectivity index (χ4v) is 5.21. The molecule has 2 atom stereocenters. The average molecular weight is 516 g/mol. The van der Waals surface area contributed by atoms with Gasteiger partial charge in [0.15, 0.2) is 0 Å². The molecule has 0 radical (unpaired) electrons. The average Bonchev–Trinajstić information content (AvgIpc) is 2.84. The lowest BCUT2D eigenvalue weighted by Crippen LogP contribution is -2.38. The molecular weight excluding hydrogens is 450 g/mol. The molecular formula is C31H65NO2S. The maximum atomic E-state index is 10.6. The summed E-state index contributed by atoms with van der Waals surface area (Å²) in [5.74, 6) is 0.861. The van der Waals surface area contributed by atoms with Crippen LogP contribution in [0.15, 0.2) is 0 Å². The van der Waals surface area contributed by atoms with Crippen molar-refractivity contribution in [3.63, 3.8) is 0 Å². The van der Waals surface area contributed by atoms with Crippen molar-refractivity contribution >= 4 is 12.6 Å². The van der Waals surface area contributed by atoms with Gasteiger partial charge in [-0.1, -0.05) is 142 Å². The summed E-state index contributed by atoms with van der Waals surface area (Å²) in [5, 5.41) is 21.2. The van der Waals surface area contributed by atoms with Gasteiger partial charge in [0.25, 0.3) is 0 Å². The second-order valence-electron chi connectivity index (χ2n) is 11.1. The molecule has 0 aromatic rings. The van der Waals surface area contributed by atoms with Gasteiger partial charge in [-0.05, 0) is 31.6 Å². The van der Waals surface area contributed by atoms with Crippen molar-refractivity contribution in [1.82, 2.24) is 4.90 Å². The molecule has 0 aliphatic heterocycles. The lowest BCUT2D eigenvalue weighted by atomic mass is 10.0. The van der Waals surface area contributed by atoms with Gasteiger partial charge >= 0.3 is 0 Å². The second kappa shape index (κ2) is 28.8. The van der Waals surface area contributed by atoms with E-state index in [0.717, 1.165) is 44.4 Å². The zero-order chi connectivity index (χ0) is 25.8.